The van der Waals surface area contributed by atoms with Crippen LogP contribution in [0.2, 0.25) is 10.0 Å². The number of hydrogen-bond acceptors (Lipinski definition) is 4. The minimum Gasteiger partial charge on any atom is -0.300 e. The number of ketones is 2. The van der Waals surface area contributed by atoms with Gasteiger partial charge >= 0.3 is 0 Å². The zero-order valence-corrected chi connectivity index (χ0v) is 24.5. The maximum absolute atomic E-state index is 13.2. The highest BCUT2D eigenvalue weighted by molar-refractivity contribution is 7.09. The fourth-order valence-corrected chi connectivity index (χ4v) is 6.05. The zero-order valence-electron chi connectivity index (χ0n) is 22.2. The molecule has 0 bridgehead atoms. The number of rotatable bonds is 14. The van der Waals surface area contributed by atoms with Crippen molar-refractivity contribution in [3.8, 4) is 11.1 Å². The van der Waals surface area contributed by atoms with Crippen molar-refractivity contribution in [1.29, 1.82) is 0 Å². The van der Waals surface area contributed by atoms with Gasteiger partial charge in [0.05, 0.1) is 5.01 Å². The standard InChI is InChI=1S/C33H33Cl2NO2S/c1-2-6-25(8-5-9-29(37)20-13-23-11-16-27(34)17-12-23)33-36-31(22-39-33)32(38)21-26-7-3-4-10-30(26)24-14-18-28(35)19-15-24/h3-4,7,10-12,14-19,22,25H,2,5-6,8-9,13,20-21H2,1H3. The van der Waals surface area contributed by atoms with Crippen molar-refractivity contribution < 1.29 is 9.59 Å². The van der Waals surface area contributed by atoms with Crippen LogP contribution in [0.3, 0.4) is 0 Å². The van der Waals surface area contributed by atoms with Crippen molar-refractivity contribution in [3.05, 3.63) is 110 Å². The van der Waals surface area contributed by atoms with E-state index in [2.05, 4.69) is 6.92 Å². The molecule has 0 aliphatic carbocycles. The number of nitrogens with zero attached hydrogens (tertiary/aromatic N) is 1. The first-order valence-electron chi connectivity index (χ1n) is 13.5. The number of carbonyl (C=O) groups excluding carboxylic acids is 2. The molecule has 1 aromatic heterocycles. The second-order valence-corrected chi connectivity index (χ2v) is 11.6. The molecule has 39 heavy (non-hydrogen) atoms. The van der Waals surface area contributed by atoms with Gasteiger partial charge in [0.2, 0.25) is 0 Å². The highest BCUT2D eigenvalue weighted by Gasteiger charge is 2.19. The summed E-state index contributed by atoms with van der Waals surface area (Å²) >= 11 is 13.6. The van der Waals surface area contributed by atoms with E-state index >= 15 is 0 Å². The number of Topliss-reactive ketones (excluding diaryl/α,β-unsaturated/α-hetero) is 2. The summed E-state index contributed by atoms with van der Waals surface area (Å²) in [6.07, 6.45) is 5.94. The van der Waals surface area contributed by atoms with E-state index in [1.54, 1.807) is 11.3 Å². The molecule has 0 spiro atoms. The summed E-state index contributed by atoms with van der Waals surface area (Å²) in [5.41, 5.74) is 4.70. The van der Waals surface area contributed by atoms with Gasteiger partial charge in [-0.1, -0.05) is 85.1 Å². The molecule has 0 N–H and O–H groups in total. The first-order chi connectivity index (χ1) is 18.9. The molecule has 4 rings (SSSR count). The molecular formula is C33H33Cl2NO2S. The molecule has 6 heteroatoms. The first-order valence-corrected chi connectivity index (χ1v) is 15.1. The zero-order chi connectivity index (χ0) is 27.6. The molecule has 0 aliphatic rings. The molecule has 3 nitrogen and oxygen atoms in total. The van der Waals surface area contributed by atoms with Crippen molar-refractivity contribution in [2.75, 3.05) is 0 Å². The lowest BCUT2D eigenvalue weighted by molar-refractivity contribution is -0.119. The monoisotopic (exact) mass is 577 g/mol. The van der Waals surface area contributed by atoms with Crippen LogP contribution in [0.1, 0.15) is 78.0 Å². The van der Waals surface area contributed by atoms with Crippen molar-refractivity contribution in [2.45, 2.75) is 64.2 Å². The number of hydrogen-bond donors (Lipinski definition) is 0. The van der Waals surface area contributed by atoms with Gasteiger partial charge in [-0.25, -0.2) is 4.98 Å². The van der Waals surface area contributed by atoms with E-state index in [9.17, 15) is 9.59 Å². The van der Waals surface area contributed by atoms with Crippen molar-refractivity contribution in [2.24, 2.45) is 0 Å². The highest BCUT2D eigenvalue weighted by Crippen LogP contribution is 2.31. The second kappa shape index (κ2) is 14.6. The van der Waals surface area contributed by atoms with E-state index in [0.29, 0.717) is 35.0 Å². The third-order valence-electron chi connectivity index (χ3n) is 6.93. The van der Waals surface area contributed by atoms with E-state index in [0.717, 1.165) is 59.4 Å². The molecule has 0 amide bonds. The van der Waals surface area contributed by atoms with Crippen LogP contribution in [-0.2, 0) is 17.6 Å². The Morgan fingerprint density at radius 1 is 0.872 bits per heavy atom. The van der Waals surface area contributed by atoms with Crippen LogP contribution < -0.4 is 0 Å². The Kier molecular flexibility index (Phi) is 10.9. The number of benzene rings is 3. The predicted octanol–water partition coefficient (Wildman–Crippen LogP) is 9.80. The van der Waals surface area contributed by atoms with Gasteiger partial charge < -0.3 is 0 Å². The van der Waals surface area contributed by atoms with E-state index < -0.39 is 0 Å². The average Bonchev–Trinajstić information content (AvgIpc) is 3.44. The van der Waals surface area contributed by atoms with Gasteiger partial charge in [-0.2, -0.15) is 0 Å². The fourth-order valence-electron chi connectivity index (χ4n) is 4.80. The van der Waals surface area contributed by atoms with Crippen LogP contribution >= 0.6 is 34.5 Å². The lowest BCUT2D eigenvalue weighted by atomic mass is 9.95. The van der Waals surface area contributed by atoms with Gasteiger partial charge in [0, 0.05) is 40.6 Å². The van der Waals surface area contributed by atoms with Gasteiger partial charge in [0.15, 0.2) is 5.78 Å². The minimum absolute atomic E-state index is 0.0199. The normalized spacial score (nSPS) is 11.9. The number of thiazole rings is 1. The summed E-state index contributed by atoms with van der Waals surface area (Å²) < 4.78 is 0. The molecular weight excluding hydrogens is 545 g/mol. The van der Waals surface area contributed by atoms with Crippen molar-refractivity contribution in [1.82, 2.24) is 4.98 Å². The summed E-state index contributed by atoms with van der Waals surface area (Å²) in [4.78, 5) is 30.5. The van der Waals surface area contributed by atoms with Crippen molar-refractivity contribution >= 4 is 46.1 Å². The van der Waals surface area contributed by atoms with Gasteiger partial charge in [0.25, 0.3) is 0 Å². The summed E-state index contributed by atoms with van der Waals surface area (Å²) in [6, 6.07) is 23.3. The van der Waals surface area contributed by atoms with Gasteiger partial charge in [0.1, 0.15) is 11.5 Å². The molecule has 0 saturated heterocycles. The Morgan fingerprint density at radius 2 is 1.56 bits per heavy atom. The third kappa shape index (κ3) is 8.60. The maximum atomic E-state index is 13.2. The quantitative estimate of drug-likeness (QED) is 0.140. The fraction of sp³-hybridized carbons (Fsp3) is 0.303. The van der Waals surface area contributed by atoms with E-state index in [4.69, 9.17) is 28.2 Å². The molecule has 202 valence electrons. The third-order valence-corrected chi connectivity index (χ3v) is 8.44. The SMILES string of the molecule is CCCC(CCCC(=O)CCc1ccc(Cl)cc1)c1nc(C(=O)Cc2ccccc2-c2ccc(Cl)cc2)cs1. The number of aromatic nitrogens is 1. The first kappa shape index (κ1) is 29.2. The molecule has 0 radical (unpaired) electrons. The Bertz CT molecular complexity index is 1380. The van der Waals surface area contributed by atoms with E-state index in [1.165, 1.54) is 0 Å². The number of carbonyl (C=O) groups is 2. The smallest absolute Gasteiger partial charge is 0.186 e. The molecule has 0 saturated carbocycles. The number of halogens is 2. The Hall–Kier alpha value is -2.79. The molecule has 1 atom stereocenters. The van der Waals surface area contributed by atoms with Crippen LogP contribution in [0, 0.1) is 0 Å². The van der Waals surface area contributed by atoms with Crippen LogP contribution in [0.5, 0.6) is 0 Å². The summed E-state index contributed by atoms with van der Waals surface area (Å²) in [5.74, 6) is 0.577. The molecule has 1 heterocycles. The molecule has 1 unspecified atom stereocenters. The van der Waals surface area contributed by atoms with Gasteiger partial charge in [-0.05, 0) is 72.2 Å². The highest BCUT2D eigenvalue weighted by atomic mass is 35.5. The van der Waals surface area contributed by atoms with Gasteiger partial charge in [-0.3, -0.25) is 9.59 Å². The molecule has 0 fully saturated rings. The lowest BCUT2D eigenvalue weighted by Gasteiger charge is -2.13. The van der Waals surface area contributed by atoms with Gasteiger partial charge in [-0.15, -0.1) is 11.3 Å². The average molecular weight is 579 g/mol. The summed E-state index contributed by atoms with van der Waals surface area (Å²) in [5, 5.41) is 4.29. The van der Waals surface area contributed by atoms with E-state index in [-0.39, 0.29) is 17.5 Å². The maximum Gasteiger partial charge on any atom is 0.186 e. The Labute approximate surface area is 245 Å². The molecule has 3 aromatic carbocycles. The van der Waals surface area contributed by atoms with Crippen LogP contribution in [0.15, 0.2) is 78.2 Å². The van der Waals surface area contributed by atoms with E-state index in [1.807, 2.05) is 78.2 Å². The predicted molar refractivity (Wildman–Crippen MR) is 163 cm³/mol. The molecule has 4 aromatic rings. The van der Waals surface area contributed by atoms with Crippen LogP contribution in [0.25, 0.3) is 11.1 Å². The van der Waals surface area contributed by atoms with Crippen molar-refractivity contribution in [3.63, 3.8) is 0 Å². The summed E-state index contributed by atoms with van der Waals surface area (Å²) in [7, 11) is 0. The lowest BCUT2D eigenvalue weighted by Crippen LogP contribution is -2.07. The largest absolute Gasteiger partial charge is 0.300 e. The minimum atomic E-state index is 0.0199. The Morgan fingerprint density at radius 3 is 2.28 bits per heavy atom. The second-order valence-electron chi connectivity index (χ2n) is 9.88. The topological polar surface area (TPSA) is 47.0 Å². The van der Waals surface area contributed by atoms with Crippen LogP contribution in [-0.4, -0.2) is 16.6 Å². The molecule has 0 aliphatic heterocycles. The van der Waals surface area contributed by atoms with Crippen LogP contribution in [0.4, 0.5) is 0 Å². The summed E-state index contributed by atoms with van der Waals surface area (Å²) in [6.45, 7) is 2.16. The number of aryl methyl sites for hydroxylation is 1. The Balaban J connectivity index is 1.33.